The van der Waals surface area contributed by atoms with E-state index in [0.29, 0.717) is 5.92 Å². The molecule has 1 amide bonds. The molecule has 0 spiro atoms. The van der Waals surface area contributed by atoms with Crippen LogP contribution in [-0.2, 0) is 4.79 Å². The van der Waals surface area contributed by atoms with Crippen LogP contribution in [0.4, 0.5) is 10.2 Å². The van der Waals surface area contributed by atoms with Gasteiger partial charge in [0.25, 0.3) is 0 Å². The number of rotatable bonds is 4. The van der Waals surface area contributed by atoms with Crippen LogP contribution in [0.25, 0.3) is 11.3 Å². The second kappa shape index (κ2) is 8.77. The molecule has 4 saturated heterocycles. The Morgan fingerprint density at radius 3 is 2.47 bits per heavy atom. The topological polar surface area (TPSA) is 61.4 Å². The molecule has 0 radical (unpaired) electrons. The van der Waals surface area contributed by atoms with Crippen LogP contribution < -0.4 is 10.2 Å². The number of nitrogens with zero attached hydrogens (tertiary/aromatic N) is 4. The largest absolute Gasteiger partial charge is 0.355 e. The van der Waals surface area contributed by atoms with Crippen molar-refractivity contribution >= 4 is 11.7 Å². The van der Waals surface area contributed by atoms with Gasteiger partial charge in [-0.1, -0.05) is 0 Å². The lowest BCUT2D eigenvalue weighted by Crippen LogP contribution is -2.54. The average Bonchev–Trinajstić information content (AvgIpc) is 3.08. The highest BCUT2D eigenvalue weighted by Gasteiger charge is 2.42. The molecule has 2 aromatic rings. The molecule has 1 atom stereocenters. The highest BCUT2D eigenvalue weighted by molar-refractivity contribution is 5.79. The summed E-state index contributed by atoms with van der Waals surface area (Å²) in [5, 5.41) is 3.48. The highest BCUT2D eigenvalue weighted by Crippen LogP contribution is 2.35. The number of fused-ring (bicyclic) bond motifs is 4. The molecule has 4 fully saturated rings. The third kappa shape index (κ3) is 4.35. The summed E-state index contributed by atoms with van der Waals surface area (Å²) in [5.74, 6) is 1.42. The zero-order chi connectivity index (χ0) is 22.1. The van der Waals surface area contributed by atoms with Crippen LogP contribution in [0.1, 0.15) is 39.0 Å². The SMILES string of the molecule is CC1(NC(=O)C2CCN(c3cncc(-c4ccc(F)cc4)n3)CC2)CCN2CCC1CC2. The lowest BCUT2D eigenvalue weighted by atomic mass is 9.78. The van der Waals surface area contributed by atoms with Gasteiger partial charge < -0.3 is 15.1 Å². The second-order valence-electron chi connectivity index (χ2n) is 9.80. The minimum Gasteiger partial charge on any atom is -0.355 e. The van der Waals surface area contributed by atoms with Gasteiger partial charge in [-0.15, -0.1) is 0 Å². The molecule has 0 saturated carbocycles. The molecule has 4 aliphatic heterocycles. The van der Waals surface area contributed by atoms with Crippen LogP contribution in [0.3, 0.4) is 0 Å². The fraction of sp³-hybridized carbons (Fsp3) is 0.560. The van der Waals surface area contributed by atoms with Gasteiger partial charge >= 0.3 is 0 Å². The zero-order valence-corrected chi connectivity index (χ0v) is 18.8. The molecule has 5 heterocycles. The maximum atomic E-state index is 13.2. The Kier molecular flexibility index (Phi) is 5.84. The van der Waals surface area contributed by atoms with Crippen molar-refractivity contribution in [2.24, 2.45) is 11.8 Å². The summed E-state index contributed by atoms with van der Waals surface area (Å²) >= 11 is 0. The molecular formula is C25H32FN5O. The van der Waals surface area contributed by atoms with E-state index in [9.17, 15) is 9.18 Å². The maximum absolute atomic E-state index is 13.2. The van der Waals surface area contributed by atoms with E-state index in [0.717, 1.165) is 56.0 Å². The Bertz CT molecular complexity index is 951. The molecule has 32 heavy (non-hydrogen) atoms. The normalized spacial score (nSPS) is 28.4. The Labute approximate surface area is 189 Å². The molecule has 1 aromatic carbocycles. The van der Waals surface area contributed by atoms with Crippen molar-refractivity contribution in [1.29, 1.82) is 0 Å². The summed E-state index contributed by atoms with van der Waals surface area (Å²) in [5.41, 5.74) is 1.50. The van der Waals surface area contributed by atoms with Crippen LogP contribution in [0, 0.1) is 17.7 Å². The summed E-state index contributed by atoms with van der Waals surface area (Å²) in [7, 11) is 0. The van der Waals surface area contributed by atoms with Crippen LogP contribution in [0.2, 0.25) is 0 Å². The molecular weight excluding hydrogens is 405 g/mol. The molecule has 6 nitrogen and oxygen atoms in total. The summed E-state index contributed by atoms with van der Waals surface area (Å²) < 4.78 is 13.2. The Morgan fingerprint density at radius 1 is 1.03 bits per heavy atom. The molecule has 170 valence electrons. The Morgan fingerprint density at radius 2 is 1.75 bits per heavy atom. The van der Waals surface area contributed by atoms with Crippen molar-refractivity contribution in [2.45, 2.75) is 44.6 Å². The summed E-state index contributed by atoms with van der Waals surface area (Å²) in [6, 6.07) is 6.31. The van der Waals surface area contributed by atoms with Gasteiger partial charge in [0.15, 0.2) is 0 Å². The van der Waals surface area contributed by atoms with Crippen LogP contribution >= 0.6 is 0 Å². The molecule has 2 bridgehead atoms. The average molecular weight is 438 g/mol. The number of aromatic nitrogens is 2. The molecule has 1 unspecified atom stereocenters. The molecule has 6 rings (SSSR count). The third-order valence-electron chi connectivity index (χ3n) is 7.80. The number of hydrogen-bond donors (Lipinski definition) is 1. The minimum atomic E-state index is -0.263. The standard InChI is InChI=1S/C25H32FN5O/c1-25(10-15-30-11-8-20(25)9-12-30)29-24(32)19-6-13-31(14-7-19)23-17-27-16-22(28-23)18-2-4-21(26)5-3-18/h2-5,16-17,19-20H,6-15H2,1H3,(H,29,32). The van der Waals surface area contributed by atoms with E-state index < -0.39 is 0 Å². The molecule has 1 aromatic heterocycles. The van der Waals surface area contributed by atoms with Crippen molar-refractivity contribution in [2.75, 3.05) is 37.6 Å². The van der Waals surface area contributed by atoms with Crippen molar-refractivity contribution in [3.63, 3.8) is 0 Å². The van der Waals surface area contributed by atoms with Gasteiger partial charge in [-0.2, -0.15) is 0 Å². The lowest BCUT2D eigenvalue weighted by molar-refractivity contribution is -0.128. The van der Waals surface area contributed by atoms with Gasteiger partial charge in [0.2, 0.25) is 5.91 Å². The fourth-order valence-corrected chi connectivity index (χ4v) is 5.57. The number of halogens is 1. The smallest absolute Gasteiger partial charge is 0.223 e. The van der Waals surface area contributed by atoms with Gasteiger partial charge in [-0.3, -0.25) is 9.78 Å². The van der Waals surface area contributed by atoms with E-state index in [1.165, 1.54) is 38.1 Å². The van der Waals surface area contributed by atoms with Gasteiger partial charge in [-0.25, -0.2) is 9.37 Å². The van der Waals surface area contributed by atoms with E-state index in [1.807, 2.05) is 0 Å². The second-order valence-corrected chi connectivity index (χ2v) is 9.80. The lowest BCUT2D eigenvalue weighted by Gasteiger charge is -2.40. The number of piperidine rings is 2. The van der Waals surface area contributed by atoms with Crippen molar-refractivity contribution in [1.82, 2.24) is 20.2 Å². The zero-order valence-electron chi connectivity index (χ0n) is 18.8. The minimum absolute atomic E-state index is 0.0528. The first-order valence-corrected chi connectivity index (χ1v) is 11.9. The highest BCUT2D eigenvalue weighted by atomic mass is 19.1. The number of carbonyl (C=O) groups is 1. The molecule has 4 aliphatic rings. The van der Waals surface area contributed by atoms with E-state index in [-0.39, 0.29) is 23.2 Å². The van der Waals surface area contributed by atoms with Crippen LogP contribution in [0.5, 0.6) is 0 Å². The van der Waals surface area contributed by atoms with E-state index in [4.69, 9.17) is 4.98 Å². The van der Waals surface area contributed by atoms with Crippen molar-refractivity contribution in [3.8, 4) is 11.3 Å². The predicted molar refractivity (Wildman–Crippen MR) is 123 cm³/mol. The van der Waals surface area contributed by atoms with E-state index in [2.05, 4.69) is 27.0 Å². The van der Waals surface area contributed by atoms with Gasteiger partial charge in [-0.05, 0) is 82.3 Å². The van der Waals surface area contributed by atoms with Crippen LogP contribution in [-0.4, -0.2) is 59.0 Å². The fourth-order valence-electron chi connectivity index (χ4n) is 5.57. The first kappa shape index (κ1) is 21.3. The number of anilines is 1. The quantitative estimate of drug-likeness (QED) is 0.794. The predicted octanol–water partition coefficient (Wildman–Crippen LogP) is 3.49. The number of benzene rings is 1. The molecule has 0 aliphatic carbocycles. The van der Waals surface area contributed by atoms with Gasteiger partial charge in [0, 0.05) is 36.7 Å². The Hall–Kier alpha value is -2.54. The number of amides is 1. The number of hydrogen-bond acceptors (Lipinski definition) is 5. The first-order valence-electron chi connectivity index (χ1n) is 11.9. The monoisotopic (exact) mass is 437 g/mol. The van der Waals surface area contributed by atoms with Gasteiger partial charge in [0.1, 0.15) is 11.6 Å². The first-order chi connectivity index (χ1) is 15.5. The van der Waals surface area contributed by atoms with Crippen LogP contribution in [0.15, 0.2) is 36.7 Å². The summed E-state index contributed by atoms with van der Waals surface area (Å²) in [6.07, 6.45) is 8.55. The number of carbonyl (C=O) groups excluding carboxylic acids is 1. The van der Waals surface area contributed by atoms with E-state index >= 15 is 0 Å². The maximum Gasteiger partial charge on any atom is 0.223 e. The summed E-state index contributed by atoms with van der Waals surface area (Å²) in [4.78, 5) is 27.0. The third-order valence-corrected chi connectivity index (χ3v) is 7.80. The Balaban J connectivity index is 1.20. The van der Waals surface area contributed by atoms with Gasteiger partial charge in [0.05, 0.1) is 18.1 Å². The van der Waals surface area contributed by atoms with Crippen molar-refractivity contribution < 1.29 is 9.18 Å². The number of nitrogens with one attached hydrogen (secondary N) is 1. The molecule has 7 heteroatoms. The molecule has 1 N–H and O–H groups in total. The summed E-state index contributed by atoms with van der Waals surface area (Å²) in [6.45, 7) is 7.27. The van der Waals surface area contributed by atoms with E-state index in [1.54, 1.807) is 24.5 Å². The van der Waals surface area contributed by atoms with Crippen molar-refractivity contribution in [3.05, 3.63) is 42.5 Å².